The quantitative estimate of drug-likeness (QED) is 0.536. The lowest BCUT2D eigenvalue weighted by Crippen LogP contribution is -2.43. The Balaban J connectivity index is 2.52. The zero-order chi connectivity index (χ0) is 19.1. The van der Waals surface area contributed by atoms with Crippen molar-refractivity contribution in [2.75, 3.05) is 4.98 Å². The van der Waals surface area contributed by atoms with Gasteiger partial charge in [0, 0.05) is 11.2 Å². The summed E-state index contributed by atoms with van der Waals surface area (Å²) in [6.07, 6.45) is 0. The summed E-state index contributed by atoms with van der Waals surface area (Å²) in [4.78, 5) is 4.13. The maximum atomic E-state index is 4.13. The third-order valence-electron chi connectivity index (χ3n) is 6.15. The van der Waals surface area contributed by atoms with Crippen LogP contribution in [-0.2, 0) is 0 Å². The van der Waals surface area contributed by atoms with Crippen LogP contribution in [-0.4, -0.2) is 8.24 Å². The molecule has 2 heteroatoms. The number of allylic oxidation sites excluding steroid dienone is 4. The molecule has 1 nitrogen and oxygen atoms in total. The monoisotopic (exact) mass is 355 g/mol. The van der Waals surface area contributed by atoms with Gasteiger partial charge in [-0.15, -0.1) is 0 Å². The molecule has 25 heavy (non-hydrogen) atoms. The maximum Gasteiger partial charge on any atom is 0.158 e. The fraction of sp³-hybridized carbons (Fsp3) is 0.565. The smallest absolute Gasteiger partial charge is 0.158 e. The topological polar surface area (TPSA) is 12.0 Å². The van der Waals surface area contributed by atoms with E-state index in [1.165, 1.54) is 28.0 Å². The highest BCUT2D eigenvalue weighted by molar-refractivity contribution is 6.83. The molecule has 0 unspecified atom stereocenters. The van der Waals surface area contributed by atoms with Crippen molar-refractivity contribution in [3.05, 3.63) is 51.6 Å². The summed E-state index contributed by atoms with van der Waals surface area (Å²) in [7, 11) is -1.74. The highest BCUT2D eigenvalue weighted by atomic mass is 28.3. The fourth-order valence-electron chi connectivity index (χ4n) is 4.52. The first kappa shape index (κ1) is 20.0. The Hall–Kier alpha value is -1.28. The normalized spacial score (nSPS) is 16.6. The van der Waals surface area contributed by atoms with Gasteiger partial charge >= 0.3 is 0 Å². The summed E-state index contributed by atoms with van der Waals surface area (Å²) in [5.74, 6) is 1.07. The van der Waals surface area contributed by atoms with Crippen LogP contribution in [0.25, 0.3) is 0 Å². The average molecular weight is 356 g/mol. The average Bonchev–Trinajstić information content (AvgIpc) is 2.70. The van der Waals surface area contributed by atoms with E-state index >= 15 is 0 Å². The molecule has 0 bridgehead atoms. The Kier molecular flexibility index (Phi) is 5.73. The van der Waals surface area contributed by atoms with Gasteiger partial charge in [-0.25, -0.2) is 0 Å². The van der Waals surface area contributed by atoms with E-state index in [0.29, 0.717) is 17.4 Å². The van der Waals surface area contributed by atoms with E-state index in [4.69, 9.17) is 0 Å². The van der Waals surface area contributed by atoms with Gasteiger partial charge in [-0.05, 0) is 61.8 Å². The molecule has 0 fully saturated rings. The molecule has 0 saturated heterocycles. The maximum absolute atomic E-state index is 4.13. The Morgan fingerprint density at radius 1 is 0.800 bits per heavy atom. The lowest BCUT2D eigenvalue weighted by atomic mass is 9.93. The molecule has 1 aliphatic rings. The van der Waals surface area contributed by atoms with E-state index in [1.54, 1.807) is 11.1 Å². The van der Waals surface area contributed by atoms with Gasteiger partial charge in [0.25, 0.3) is 0 Å². The highest BCUT2D eigenvalue weighted by Gasteiger charge is 2.40. The van der Waals surface area contributed by atoms with Crippen molar-refractivity contribution in [3.63, 3.8) is 0 Å². The van der Waals surface area contributed by atoms with Crippen LogP contribution in [0.5, 0.6) is 0 Å². The van der Waals surface area contributed by atoms with Gasteiger partial charge in [-0.1, -0.05) is 70.1 Å². The second-order valence-electron chi connectivity index (χ2n) is 9.02. The molecule has 1 N–H and O–H groups in total. The first-order valence-corrected chi connectivity index (χ1v) is 12.8. The molecule has 0 amide bonds. The summed E-state index contributed by atoms with van der Waals surface area (Å²) in [5, 5.41) is 0. The number of hydrogen-bond acceptors (Lipinski definition) is 1. The third kappa shape index (κ3) is 3.65. The molecular weight excluding hydrogens is 318 g/mol. The Bertz CT molecular complexity index is 669. The molecule has 138 valence electrons. The predicted molar refractivity (Wildman–Crippen MR) is 116 cm³/mol. The molecule has 0 aromatic heterocycles. The first-order chi connectivity index (χ1) is 11.5. The molecule has 1 aromatic rings. The standard InChI is InChI=1S/C23H37NSi/c1-14(2)20-12-11-13-21(15(3)4)22(20)24-25(9,10)23-18(7)16(5)17(6)19(23)8/h11-15,23-24H,1-10H3. The first-order valence-electron chi connectivity index (χ1n) is 9.75. The van der Waals surface area contributed by atoms with Crippen LogP contribution in [0.15, 0.2) is 40.5 Å². The van der Waals surface area contributed by atoms with Crippen molar-refractivity contribution in [1.82, 2.24) is 0 Å². The van der Waals surface area contributed by atoms with Crippen LogP contribution in [0.2, 0.25) is 18.6 Å². The lowest BCUT2D eigenvalue weighted by Gasteiger charge is -2.36. The number of rotatable bonds is 5. The van der Waals surface area contributed by atoms with Gasteiger partial charge in [0.15, 0.2) is 8.24 Å². The summed E-state index contributed by atoms with van der Waals surface area (Å²) in [6.45, 7) is 23.5. The predicted octanol–water partition coefficient (Wildman–Crippen LogP) is 7.61. The third-order valence-corrected chi connectivity index (χ3v) is 9.36. The van der Waals surface area contributed by atoms with Crippen molar-refractivity contribution < 1.29 is 0 Å². The molecule has 0 saturated carbocycles. The van der Waals surface area contributed by atoms with Crippen LogP contribution < -0.4 is 4.98 Å². The molecular formula is C23H37NSi. The second-order valence-corrected chi connectivity index (χ2v) is 13.3. The van der Waals surface area contributed by atoms with Crippen molar-refractivity contribution in [1.29, 1.82) is 0 Å². The molecule has 0 atom stereocenters. The number of hydrogen-bond donors (Lipinski definition) is 1. The van der Waals surface area contributed by atoms with Crippen LogP contribution in [0.4, 0.5) is 5.69 Å². The second kappa shape index (κ2) is 7.15. The highest BCUT2D eigenvalue weighted by Crippen LogP contribution is 2.47. The van der Waals surface area contributed by atoms with E-state index in [9.17, 15) is 0 Å². The van der Waals surface area contributed by atoms with Crippen molar-refractivity contribution in [3.8, 4) is 0 Å². The molecule has 1 aromatic carbocycles. The minimum Gasteiger partial charge on any atom is -0.409 e. The van der Waals surface area contributed by atoms with Crippen molar-refractivity contribution in [2.45, 2.75) is 85.9 Å². The molecule has 0 radical (unpaired) electrons. The van der Waals surface area contributed by atoms with Crippen LogP contribution in [0, 0.1) is 0 Å². The van der Waals surface area contributed by atoms with Gasteiger partial charge in [0.2, 0.25) is 0 Å². The van der Waals surface area contributed by atoms with Crippen molar-refractivity contribution >= 4 is 13.9 Å². The van der Waals surface area contributed by atoms with Gasteiger partial charge in [0.1, 0.15) is 0 Å². The van der Waals surface area contributed by atoms with E-state index in [0.717, 1.165) is 0 Å². The number of anilines is 1. The Labute approximate surface area is 156 Å². The summed E-state index contributed by atoms with van der Waals surface area (Å²) < 4.78 is 0. The molecule has 0 spiro atoms. The Morgan fingerprint density at radius 2 is 1.20 bits per heavy atom. The number of benzene rings is 1. The van der Waals surface area contributed by atoms with E-state index in [1.807, 2.05) is 0 Å². The lowest BCUT2D eigenvalue weighted by molar-refractivity contribution is 0.838. The van der Waals surface area contributed by atoms with Crippen molar-refractivity contribution in [2.24, 2.45) is 0 Å². The SMILES string of the molecule is CC1=C(C)C([Si](C)(C)Nc2c(C(C)C)cccc2C(C)C)C(C)=C1C. The van der Waals surface area contributed by atoms with Gasteiger partial charge in [-0.3, -0.25) is 0 Å². The summed E-state index contributed by atoms with van der Waals surface area (Å²) >= 11 is 0. The van der Waals surface area contributed by atoms with Gasteiger partial charge < -0.3 is 4.98 Å². The zero-order valence-electron chi connectivity index (χ0n) is 18.0. The largest absolute Gasteiger partial charge is 0.409 e. The van der Waals surface area contributed by atoms with Crippen LogP contribution in [0.1, 0.15) is 78.4 Å². The van der Waals surface area contributed by atoms with Gasteiger partial charge in [0.05, 0.1) is 0 Å². The van der Waals surface area contributed by atoms with E-state index < -0.39 is 8.24 Å². The minimum absolute atomic E-state index is 0.534. The van der Waals surface area contributed by atoms with Gasteiger partial charge in [-0.2, -0.15) is 0 Å². The van der Waals surface area contributed by atoms with E-state index in [-0.39, 0.29) is 0 Å². The minimum atomic E-state index is -1.74. The molecule has 1 aliphatic carbocycles. The summed E-state index contributed by atoms with van der Waals surface area (Å²) in [5.41, 5.74) is 11.1. The fourth-order valence-corrected chi connectivity index (χ4v) is 8.20. The number of para-hydroxylation sites is 1. The van der Waals surface area contributed by atoms with Crippen LogP contribution in [0.3, 0.4) is 0 Å². The summed E-state index contributed by atoms with van der Waals surface area (Å²) in [6, 6.07) is 6.84. The molecule has 0 aliphatic heterocycles. The zero-order valence-corrected chi connectivity index (χ0v) is 19.0. The number of nitrogens with one attached hydrogen (secondary N) is 1. The van der Waals surface area contributed by atoms with Crippen LogP contribution >= 0.6 is 0 Å². The molecule has 2 rings (SSSR count). The van der Waals surface area contributed by atoms with E-state index in [2.05, 4.69) is 91.7 Å². The Morgan fingerprint density at radius 3 is 1.56 bits per heavy atom. The molecule has 0 heterocycles.